The molecule has 0 aliphatic carbocycles. The quantitative estimate of drug-likeness (QED) is 0.492. The highest BCUT2D eigenvalue weighted by Crippen LogP contribution is 2.24. The Bertz CT molecular complexity index is 498. The van der Waals surface area contributed by atoms with E-state index in [1.54, 1.807) is 11.0 Å². The number of nitrogens with one attached hydrogen (secondary N) is 1. The summed E-state index contributed by atoms with van der Waals surface area (Å²) in [5, 5.41) is 0. The van der Waals surface area contributed by atoms with Crippen LogP contribution < -0.4 is 11.3 Å². The normalized spacial score (nSPS) is 19.4. The average molecular weight is 293 g/mol. The smallest absolute Gasteiger partial charge is 0.268 e. The van der Waals surface area contributed by atoms with E-state index >= 15 is 0 Å². The lowest BCUT2D eigenvalue weighted by Crippen LogP contribution is -2.33. The molecule has 2 amide bonds. The molecule has 2 rings (SSSR count). The summed E-state index contributed by atoms with van der Waals surface area (Å²) in [7, 11) is 0. The van der Waals surface area contributed by atoms with E-state index in [0.29, 0.717) is 36.8 Å². The summed E-state index contributed by atoms with van der Waals surface area (Å²) in [5.74, 6) is 5.98. The Morgan fingerprint density at radius 2 is 2.33 bits per heavy atom. The van der Waals surface area contributed by atoms with Gasteiger partial charge in [-0.3, -0.25) is 15.0 Å². The van der Waals surface area contributed by atoms with E-state index in [2.05, 4.69) is 12.3 Å². The maximum Gasteiger partial charge on any atom is 0.268 e. The summed E-state index contributed by atoms with van der Waals surface area (Å²) in [6.45, 7) is 3.21. The van der Waals surface area contributed by atoms with Gasteiger partial charge in [0.1, 0.15) is 5.76 Å². The van der Waals surface area contributed by atoms with Gasteiger partial charge in [0.05, 0.1) is 18.4 Å². The molecule has 0 bridgehead atoms. The molecule has 1 aliphatic heterocycles. The predicted molar refractivity (Wildman–Crippen MR) is 78.0 cm³/mol. The third-order valence-electron chi connectivity index (χ3n) is 4.08. The second-order valence-electron chi connectivity index (χ2n) is 5.53. The van der Waals surface area contributed by atoms with Crippen molar-refractivity contribution in [3.63, 3.8) is 0 Å². The van der Waals surface area contributed by atoms with Crippen LogP contribution in [0, 0.1) is 5.92 Å². The minimum Gasteiger partial charge on any atom is -0.467 e. The highest BCUT2D eigenvalue weighted by Gasteiger charge is 2.24. The minimum atomic E-state index is -0.398. The number of nitrogen functional groups attached to an aromatic ring is 1. The van der Waals surface area contributed by atoms with Crippen LogP contribution in [0.2, 0.25) is 0 Å². The van der Waals surface area contributed by atoms with Gasteiger partial charge in [-0.2, -0.15) is 0 Å². The molecule has 1 aromatic heterocycles. The zero-order valence-electron chi connectivity index (χ0n) is 12.4. The van der Waals surface area contributed by atoms with Crippen LogP contribution in [-0.4, -0.2) is 23.3 Å². The molecule has 0 aromatic carbocycles. The maximum absolute atomic E-state index is 12.2. The predicted octanol–water partition coefficient (Wildman–Crippen LogP) is 1.81. The third-order valence-corrected chi connectivity index (χ3v) is 4.08. The Kier molecular flexibility index (Phi) is 5.38. The Morgan fingerprint density at radius 3 is 3.05 bits per heavy atom. The van der Waals surface area contributed by atoms with Gasteiger partial charge in [0, 0.05) is 13.0 Å². The lowest BCUT2D eigenvalue weighted by atomic mass is 9.96. The van der Waals surface area contributed by atoms with Crippen LogP contribution in [0.5, 0.6) is 0 Å². The lowest BCUT2D eigenvalue weighted by Gasteiger charge is -2.20. The first-order valence-electron chi connectivity index (χ1n) is 7.50. The molecule has 6 heteroatoms. The van der Waals surface area contributed by atoms with E-state index in [0.717, 1.165) is 19.3 Å². The Hall–Kier alpha value is -1.82. The standard InChI is InChI=1S/C15H23N3O3/c1-2-3-11-4-5-14(19)18(8-6-11)10-13-12(7-9-21-13)15(20)17-16/h7,9,11H,2-6,8,10,16H2,1H3,(H,17,20). The molecule has 21 heavy (non-hydrogen) atoms. The topological polar surface area (TPSA) is 88.6 Å². The molecule has 6 nitrogen and oxygen atoms in total. The van der Waals surface area contributed by atoms with Gasteiger partial charge in [0.25, 0.3) is 5.91 Å². The molecule has 0 radical (unpaired) electrons. The summed E-state index contributed by atoms with van der Waals surface area (Å²) in [6, 6.07) is 1.57. The number of likely N-dealkylation sites (tertiary alicyclic amines) is 1. The van der Waals surface area contributed by atoms with Gasteiger partial charge >= 0.3 is 0 Å². The second kappa shape index (κ2) is 7.26. The number of furan rings is 1. The number of hydrogen-bond donors (Lipinski definition) is 2. The molecule has 116 valence electrons. The Morgan fingerprint density at radius 1 is 1.52 bits per heavy atom. The van der Waals surface area contributed by atoms with E-state index in [9.17, 15) is 9.59 Å². The molecule has 0 saturated carbocycles. The van der Waals surface area contributed by atoms with Crippen LogP contribution in [0.25, 0.3) is 0 Å². The second-order valence-corrected chi connectivity index (χ2v) is 5.53. The van der Waals surface area contributed by atoms with Crippen molar-refractivity contribution in [2.75, 3.05) is 6.54 Å². The number of carbonyl (C=O) groups is 2. The summed E-state index contributed by atoms with van der Waals surface area (Å²) in [6.07, 6.45) is 6.31. The van der Waals surface area contributed by atoms with Crippen LogP contribution in [-0.2, 0) is 11.3 Å². The number of hydrazine groups is 1. The van der Waals surface area contributed by atoms with Crippen molar-refractivity contribution >= 4 is 11.8 Å². The Balaban J connectivity index is 2.03. The molecular formula is C15H23N3O3. The average Bonchev–Trinajstić information content (AvgIpc) is 2.88. The molecule has 1 unspecified atom stereocenters. The molecule has 2 heterocycles. The first-order valence-corrected chi connectivity index (χ1v) is 7.50. The minimum absolute atomic E-state index is 0.129. The van der Waals surface area contributed by atoms with Crippen LogP contribution in [0.15, 0.2) is 16.7 Å². The molecule has 1 aliphatic rings. The lowest BCUT2D eigenvalue weighted by molar-refractivity contribution is -0.131. The van der Waals surface area contributed by atoms with Gasteiger partial charge in [0.2, 0.25) is 5.91 Å². The SMILES string of the molecule is CCCC1CCC(=O)N(Cc2occc2C(=O)NN)CC1. The Labute approximate surface area is 124 Å². The van der Waals surface area contributed by atoms with Gasteiger partial charge in [0.15, 0.2) is 0 Å². The number of nitrogens with two attached hydrogens (primary N) is 1. The van der Waals surface area contributed by atoms with E-state index in [-0.39, 0.29) is 5.91 Å². The number of hydrogen-bond acceptors (Lipinski definition) is 4. The molecule has 1 aromatic rings. The fourth-order valence-electron chi connectivity index (χ4n) is 2.87. The van der Waals surface area contributed by atoms with Crippen LogP contribution in [0.3, 0.4) is 0 Å². The van der Waals surface area contributed by atoms with Crippen molar-refractivity contribution < 1.29 is 14.0 Å². The van der Waals surface area contributed by atoms with Crippen LogP contribution in [0.1, 0.15) is 55.1 Å². The third kappa shape index (κ3) is 3.85. The zero-order chi connectivity index (χ0) is 15.2. The fourth-order valence-corrected chi connectivity index (χ4v) is 2.87. The van der Waals surface area contributed by atoms with E-state index in [1.165, 1.54) is 12.7 Å². The molecule has 1 fully saturated rings. The summed E-state index contributed by atoms with van der Waals surface area (Å²) in [4.78, 5) is 25.6. The molecular weight excluding hydrogens is 270 g/mol. The monoisotopic (exact) mass is 293 g/mol. The van der Waals surface area contributed by atoms with Gasteiger partial charge < -0.3 is 9.32 Å². The number of amides is 2. The van der Waals surface area contributed by atoms with Crippen molar-refractivity contribution in [2.24, 2.45) is 11.8 Å². The van der Waals surface area contributed by atoms with E-state index in [1.807, 2.05) is 0 Å². The van der Waals surface area contributed by atoms with Crippen molar-refractivity contribution in [1.82, 2.24) is 10.3 Å². The first-order chi connectivity index (χ1) is 10.2. The maximum atomic E-state index is 12.2. The largest absolute Gasteiger partial charge is 0.467 e. The van der Waals surface area contributed by atoms with Gasteiger partial charge in [-0.25, -0.2) is 5.84 Å². The van der Waals surface area contributed by atoms with Crippen LogP contribution >= 0.6 is 0 Å². The van der Waals surface area contributed by atoms with E-state index < -0.39 is 5.91 Å². The van der Waals surface area contributed by atoms with Crippen molar-refractivity contribution in [2.45, 2.75) is 45.6 Å². The van der Waals surface area contributed by atoms with Gasteiger partial charge in [-0.15, -0.1) is 0 Å². The summed E-state index contributed by atoms with van der Waals surface area (Å²) < 4.78 is 5.34. The van der Waals surface area contributed by atoms with Gasteiger partial charge in [-0.05, 0) is 24.8 Å². The van der Waals surface area contributed by atoms with Crippen molar-refractivity contribution in [3.05, 3.63) is 23.7 Å². The number of rotatable bonds is 5. The molecule has 3 N–H and O–H groups in total. The first kappa shape index (κ1) is 15.6. The number of nitrogens with zero attached hydrogens (tertiary/aromatic N) is 1. The molecule has 0 spiro atoms. The zero-order valence-corrected chi connectivity index (χ0v) is 12.4. The number of carbonyl (C=O) groups excluding carboxylic acids is 2. The fraction of sp³-hybridized carbons (Fsp3) is 0.600. The summed E-state index contributed by atoms with van der Waals surface area (Å²) >= 11 is 0. The molecule has 1 atom stereocenters. The highest BCUT2D eigenvalue weighted by atomic mass is 16.3. The molecule has 1 saturated heterocycles. The van der Waals surface area contributed by atoms with Gasteiger partial charge in [-0.1, -0.05) is 19.8 Å². The van der Waals surface area contributed by atoms with Crippen molar-refractivity contribution in [1.29, 1.82) is 0 Å². The van der Waals surface area contributed by atoms with Crippen LogP contribution in [0.4, 0.5) is 0 Å². The van der Waals surface area contributed by atoms with E-state index in [4.69, 9.17) is 10.3 Å². The highest BCUT2D eigenvalue weighted by molar-refractivity contribution is 5.94. The summed E-state index contributed by atoms with van der Waals surface area (Å²) in [5.41, 5.74) is 2.48. The van der Waals surface area contributed by atoms with Crippen molar-refractivity contribution in [3.8, 4) is 0 Å².